The Bertz CT molecular complexity index is 235. The Morgan fingerprint density at radius 2 is 1.76 bits per heavy atom. The Balaban J connectivity index is 1.94. The summed E-state index contributed by atoms with van der Waals surface area (Å²) < 4.78 is 0. The van der Waals surface area contributed by atoms with Crippen LogP contribution in [0.25, 0.3) is 0 Å². The standard InChI is InChI=1S/C15H30N2/c1-12-8-9-15(11-16,10-13(12)2)17-14-6-4-3-5-7-14/h12-14,17H,3-11,16H2,1-2H3. The summed E-state index contributed by atoms with van der Waals surface area (Å²) in [6, 6.07) is 0.743. The molecular formula is C15H30N2. The first kappa shape index (κ1) is 13.4. The fraction of sp³-hybridized carbons (Fsp3) is 1.00. The van der Waals surface area contributed by atoms with Gasteiger partial charge in [-0.25, -0.2) is 0 Å². The van der Waals surface area contributed by atoms with Crippen LogP contribution >= 0.6 is 0 Å². The summed E-state index contributed by atoms with van der Waals surface area (Å²) in [6.07, 6.45) is 10.9. The number of hydrogen-bond acceptors (Lipinski definition) is 2. The first-order valence-electron chi connectivity index (χ1n) is 7.63. The summed E-state index contributed by atoms with van der Waals surface area (Å²) in [6.45, 7) is 5.61. The van der Waals surface area contributed by atoms with Crippen molar-refractivity contribution < 1.29 is 0 Å². The summed E-state index contributed by atoms with van der Waals surface area (Å²) in [5.74, 6) is 1.70. The van der Waals surface area contributed by atoms with Gasteiger partial charge in [-0.1, -0.05) is 33.1 Å². The third-order valence-electron chi connectivity index (χ3n) is 5.27. The molecule has 17 heavy (non-hydrogen) atoms. The summed E-state index contributed by atoms with van der Waals surface area (Å²) >= 11 is 0. The van der Waals surface area contributed by atoms with Gasteiger partial charge in [0, 0.05) is 18.1 Å². The lowest BCUT2D eigenvalue weighted by Crippen LogP contribution is -2.58. The van der Waals surface area contributed by atoms with E-state index in [1.165, 1.54) is 51.4 Å². The largest absolute Gasteiger partial charge is 0.329 e. The molecule has 100 valence electrons. The van der Waals surface area contributed by atoms with Gasteiger partial charge in [0.2, 0.25) is 0 Å². The maximum Gasteiger partial charge on any atom is 0.0309 e. The van der Waals surface area contributed by atoms with E-state index in [4.69, 9.17) is 5.73 Å². The van der Waals surface area contributed by atoms with E-state index in [1.54, 1.807) is 0 Å². The van der Waals surface area contributed by atoms with Crippen molar-refractivity contribution in [2.75, 3.05) is 6.54 Å². The Hall–Kier alpha value is -0.0800. The zero-order valence-corrected chi connectivity index (χ0v) is 11.7. The number of rotatable bonds is 3. The SMILES string of the molecule is CC1CCC(CN)(NC2CCCCC2)CC1C. The molecule has 2 aliphatic carbocycles. The van der Waals surface area contributed by atoms with Gasteiger partial charge >= 0.3 is 0 Å². The summed E-state index contributed by atoms with van der Waals surface area (Å²) in [7, 11) is 0. The van der Waals surface area contributed by atoms with Crippen molar-refractivity contribution >= 4 is 0 Å². The third kappa shape index (κ3) is 3.23. The lowest BCUT2D eigenvalue weighted by Gasteiger charge is -2.45. The zero-order chi connectivity index (χ0) is 12.3. The summed E-state index contributed by atoms with van der Waals surface area (Å²) in [4.78, 5) is 0. The van der Waals surface area contributed by atoms with Crippen LogP contribution in [0.2, 0.25) is 0 Å². The van der Waals surface area contributed by atoms with Crippen molar-refractivity contribution in [3.05, 3.63) is 0 Å². The molecule has 0 aromatic rings. The molecule has 0 bridgehead atoms. The van der Waals surface area contributed by atoms with Gasteiger partial charge in [0.25, 0.3) is 0 Å². The Morgan fingerprint density at radius 1 is 1.06 bits per heavy atom. The molecule has 2 saturated carbocycles. The Labute approximate surface area is 107 Å². The molecule has 0 spiro atoms. The first-order valence-corrected chi connectivity index (χ1v) is 7.63. The second-order valence-electron chi connectivity index (χ2n) is 6.66. The van der Waals surface area contributed by atoms with Crippen molar-refractivity contribution in [2.24, 2.45) is 17.6 Å². The molecule has 2 nitrogen and oxygen atoms in total. The van der Waals surface area contributed by atoms with Gasteiger partial charge in [0.15, 0.2) is 0 Å². The summed E-state index contributed by atoms with van der Waals surface area (Å²) in [5.41, 5.74) is 6.36. The molecule has 2 rings (SSSR count). The van der Waals surface area contributed by atoms with Gasteiger partial charge in [0.05, 0.1) is 0 Å². The molecule has 3 N–H and O–H groups in total. The first-order chi connectivity index (χ1) is 8.15. The molecule has 3 atom stereocenters. The molecule has 0 amide bonds. The van der Waals surface area contributed by atoms with Crippen molar-refractivity contribution in [3.8, 4) is 0 Å². The van der Waals surface area contributed by atoms with Crippen LogP contribution < -0.4 is 11.1 Å². The predicted octanol–water partition coefficient (Wildman–Crippen LogP) is 3.06. The highest BCUT2D eigenvalue weighted by molar-refractivity contribution is 4.97. The van der Waals surface area contributed by atoms with Gasteiger partial charge in [-0.2, -0.15) is 0 Å². The molecule has 0 heterocycles. The Morgan fingerprint density at radius 3 is 2.35 bits per heavy atom. The molecule has 2 fully saturated rings. The lowest BCUT2D eigenvalue weighted by molar-refractivity contribution is 0.125. The number of hydrogen-bond donors (Lipinski definition) is 2. The molecule has 0 aliphatic heterocycles. The fourth-order valence-corrected chi connectivity index (χ4v) is 3.76. The predicted molar refractivity (Wildman–Crippen MR) is 74.0 cm³/mol. The molecule has 0 aromatic heterocycles. The molecule has 0 aromatic carbocycles. The smallest absolute Gasteiger partial charge is 0.0309 e. The van der Waals surface area contributed by atoms with E-state index in [0.717, 1.165) is 24.4 Å². The normalized spacial score (nSPS) is 40.4. The second kappa shape index (κ2) is 5.71. The average molecular weight is 238 g/mol. The highest BCUT2D eigenvalue weighted by Crippen LogP contribution is 2.36. The van der Waals surface area contributed by atoms with Crippen LogP contribution in [0.3, 0.4) is 0 Å². The van der Waals surface area contributed by atoms with E-state index in [0.29, 0.717) is 0 Å². The van der Waals surface area contributed by atoms with E-state index in [9.17, 15) is 0 Å². The monoisotopic (exact) mass is 238 g/mol. The van der Waals surface area contributed by atoms with Crippen molar-refractivity contribution in [1.82, 2.24) is 5.32 Å². The maximum absolute atomic E-state index is 6.10. The van der Waals surface area contributed by atoms with Crippen molar-refractivity contribution in [1.29, 1.82) is 0 Å². The van der Waals surface area contributed by atoms with Crippen LogP contribution in [0.4, 0.5) is 0 Å². The minimum atomic E-state index is 0.258. The van der Waals surface area contributed by atoms with Gasteiger partial charge in [-0.3, -0.25) is 0 Å². The molecule has 3 unspecified atom stereocenters. The molecule has 2 heteroatoms. The maximum atomic E-state index is 6.10. The van der Waals surface area contributed by atoms with Crippen molar-refractivity contribution in [3.63, 3.8) is 0 Å². The van der Waals surface area contributed by atoms with E-state index in [-0.39, 0.29) is 5.54 Å². The van der Waals surface area contributed by atoms with E-state index < -0.39 is 0 Å². The lowest BCUT2D eigenvalue weighted by atomic mass is 9.70. The fourth-order valence-electron chi connectivity index (χ4n) is 3.76. The molecular weight excluding hydrogens is 208 g/mol. The van der Waals surface area contributed by atoms with Gasteiger partial charge in [0.1, 0.15) is 0 Å². The van der Waals surface area contributed by atoms with Crippen LogP contribution in [0.15, 0.2) is 0 Å². The van der Waals surface area contributed by atoms with E-state index in [1.807, 2.05) is 0 Å². The zero-order valence-electron chi connectivity index (χ0n) is 11.7. The van der Waals surface area contributed by atoms with Gasteiger partial charge in [-0.15, -0.1) is 0 Å². The van der Waals surface area contributed by atoms with Crippen LogP contribution in [0, 0.1) is 11.8 Å². The van der Waals surface area contributed by atoms with Crippen LogP contribution in [0.1, 0.15) is 65.2 Å². The van der Waals surface area contributed by atoms with E-state index >= 15 is 0 Å². The summed E-state index contributed by atoms with van der Waals surface area (Å²) in [5, 5.41) is 3.95. The number of nitrogens with one attached hydrogen (secondary N) is 1. The highest BCUT2D eigenvalue weighted by atomic mass is 15.0. The van der Waals surface area contributed by atoms with Gasteiger partial charge in [-0.05, 0) is 43.9 Å². The van der Waals surface area contributed by atoms with Crippen LogP contribution in [-0.4, -0.2) is 18.1 Å². The highest BCUT2D eigenvalue weighted by Gasteiger charge is 2.37. The minimum Gasteiger partial charge on any atom is -0.329 e. The van der Waals surface area contributed by atoms with E-state index in [2.05, 4.69) is 19.2 Å². The second-order valence-corrected chi connectivity index (χ2v) is 6.66. The molecule has 0 saturated heterocycles. The van der Waals surface area contributed by atoms with Crippen molar-refractivity contribution in [2.45, 2.75) is 76.8 Å². The molecule has 0 radical (unpaired) electrons. The molecule has 2 aliphatic rings. The third-order valence-corrected chi connectivity index (χ3v) is 5.27. The van der Waals surface area contributed by atoms with Crippen LogP contribution in [-0.2, 0) is 0 Å². The minimum absolute atomic E-state index is 0.258. The number of nitrogens with two attached hydrogens (primary N) is 1. The average Bonchev–Trinajstić information content (AvgIpc) is 2.35. The quantitative estimate of drug-likeness (QED) is 0.793. The topological polar surface area (TPSA) is 38.0 Å². The Kier molecular flexibility index (Phi) is 4.48. The van der Waals surface area contributed by atoms with Crippen LogP contribution in [0.5, 0.6) is 0 Å². The van der Waals surface area contributed by atoms with Gasteiger partial charge < -0.3 is 11.1 Å².